The first-order chi connectivity index (χ1) is 15.9. The zero-order valence-electron chi connectivity index (χ0n) is 18.6. The second kappa shape index (κ2) is 8.20. The van der Waals surface area contributed by atoms with Crippen molar-refractivity contribution in [2.45, 2.75) is 39.2 Å². The molecule has 0 fully saturated rings. The summed E-state index contributed by atoms with van der Waals surface area (Å²) in [5.41, 5.74) is 4.91. The molecule has 3 N–H and O–H groups in total. The molecule has 0 aliphatic carbocycles. The molecule has 33 heavy (non-hydrogen) atoms. The summed E-state index contributed by atoms with van der Waals surface area (Å²) in [7, 11) is 0. The summed E-state index contributed by atoms with van der Waals surface area (Å²) >= 11 is 0. The van der Waals surface area contributed by atoms with E-state index < -0.39 is 17.4 Å². The number of carbonyl (C=O) groups excluding carboxylic acids is 2. The van der Waals surface area contributed by atoms with Gasteiger partial charge in [0.25, 0.3) is 5.56 Å². The molecule has 2 aliphatic rings. The van der Waals surface area contributed by atoms with E-state index in [0.29, 0.717) is 24.7 Å². The number of hydrogen-bond acceptors (Lipinski definition) is 5. The Morgan fingerprint density at radius 1 is 1.09 bits per heavy atom. The molecule has 8 nitrogen and oxygen atoms in total. The van der Waals surface area contributed by atoms with E-state index in [4.69, 9.17) is 0 Å². The fraction of sp³-hybridized carbons (Fsp3) is 0.280. The number of aryl methyl sites for hydroxylation is 2. The molecule has 1 aromatic heterocycles. The largest absolute Gasteiger partial charge is 0.338 e. The highest BCUT2D eigenvalue weighted by Crippen LogP contribution is 2.31. The van der Waals surface area contributed by atoms with Gasteiger partial charge in [0.15, 0.2) is 0 Å². The number of nitrogens with one attached hydrogen (secondary N) is 3. The zero-order chi connectivity index (χ0) is 23.1. The van der Waals surface area contributed by atoms with Gasteiger partial charge < -0.3 is 15.5 Å². The number of aromatic nitrogens is 2. The number of rotatable bonds is 3. The predicted octanol–water partition coefficient (Wildman–Crippen LogP) is 3.01. The van der Waals surface area contributed by atoms with E-state index in [1.165, 1.54) is 11.1 Å². The number of H-pyrrole nitrogens is 1. The predicted molar refractivity (Wildman–Crippen MR) is 127 cm³/mol. The van der Waals surface area contributed by atoms with Crippen LogP contribution in [0.15, 0.2) is 47.3 Å². The van der Waals surface area contributed by atoms with Crippen molar-refractivity contribution in [2.75, 3.05) is 22.1 Å². The fourth-order valence-electron chi connectivity index (χ4n) is 4.69. The Bertz CT molecular complexity index is 1310. The first-order valence-corrected chi connectivity index (χ1v) is 11.0. The van der Waals surface area contributed by atoms with Crippen molar-refractivity contribution in [1.82, 2.24) is 9.97 Å². The maximum atomic E-state index is 13.1. The number of aromatic amines is 1. The third kappa shape index (κ3) is 4.11. The molecule has 0 spiro atoms. The van der Waals surface area contributed by atoms with Gasteiger partial charge in [-0.15, -0.1) is 0 Å². The molecule has 3 heterocycles. The van der Waals surface area contributed by atoms with Crippen molar-refractivity contribution in [1.29, 1.82) is 0 Å². The zero-order valence-corrected chi connectivity index (χ0v) is 18.6. The van der Waals surface area contributed by atoms with Gasteiger partial charge in [-0.25, -0.2) is 0 Å². The van der Waals surface area contributed by atoms with Gasteiger partial charge >= 0.3 is 0 Å². The number of nitrogens with zero attached hydrogens (tertiary/aromatic N) is 2. The third-order valence-electron chi connectivity index (χ3n) is 6.17. The molecule has 0 unspecified atom stereocenters. The van der Waals surface area contributed by atoms with Crippen LogP contribution in [0.4, 0.5) is 17.5 Å². The topological polar surface area (TPSA) is 107 Å². The second-order valence-corrected chi connectivity index (χ2v) is 8.76. The fourth-order valence-corrected chi connectivity index (χ4v) is 4.69. The molecule has 0 radical (unpaired) electrons. The van der Waals surface area contributed by atoms with Crippen LogP contribution in [-0.4, -0.2) is 28.3 Å². The van der Waals surface area contributed by atoms with Crippen molar-refractivity contribution < 1.29 is 9.59 Å². The van der Waals surface area contributed by atoms with E-state index in [0.717, 1.165) is 17.5 Å². The summed E-state index contributed by atoms with van der Waals surface area (Å²) in [6, 6.07) is 13.9. The monoisotopic (exact) mass is 443 g/mol. The highest BCUT2D eigenvalue weighted by Gasteiger charge is 2.35. The van der Waals surface area contributed by atoms with E-state index in [1.807, 2.05) is 49.1 Å². The molecule has 0 bridgehead atoms. The average Bonchev–Trinajstić information content (AvgIpc) is 2.77. The Morgan fingerprint density at radius 2 is 1.82 bits per heavy atom. The Balaban J connectivity index is 1.45. The summed E-state index contributed by atoms with van der Waals surface area (Å²) in [6.07, 6.45) is 0.731. The quantitative estimate of drug-likeness (QED) is 0.577. The molecule has 168 valence electrons. The lowest BCUT2D eigenvalue weighted by Gasteiger charge is -2.30. The lowest BCUT2D eigenvalue weighted by Crippen LogP contribution is -2.38. The summed E-state index contributed by atoms with van der Waals surface area (Å²) < 4.78 is 0. The van der Waals surface area contributed by atoms with Crippen LogP contribution in [0.2, 0.25) is 0 Å². The van der Waals surface area contributed by atoms with Gasteiger partial charge in [0.05, 0.1) is 11.5 Å². The Hall–Kier alpha value is -3.94. The number of benzene rings is 2. The molecule has 0 saturated carbocycles. The first kappa shape index (κ1) is 20.9. The summed E-state index contributed by atoms with van der Waals surface area (Å²) in [6.45, 7) is 5.20. The smallest absolute Gasteiger partial charge is 0.258 e. The molecule has 2 aromatic carbocycles. The van der Waals surface area contributed by atoms with Gasteiger partial charge in [-0.2, -0.15) is 4.98 Å². The maximum absolute atomic E-state index is 13.1. The molecule has 2 aliphatic heterocycles. The van der Waals surface area contributed by atoms with E-state index >= 15 is 0 Å². The van der Waals surface area contributed by atoms with Crippen molar-refractivity contribution in [3.63, 3.8) is 0 Å². The van der Waals surface area contributed by atoms with Crippen LogP contribution in [-0.2, 0) is 22.6 Å². The molecule has 0 saturated heterocycles. The number of carbonyl (C=O) groups is 2. The average molecular weight is 444 g/mol. The number of anilines is 3. The Morgan fingerprint density at radius 3 is 2.58 bits per heavy atom. The SMILES string of the molecule is Cc1cc(C)cc(NC(=O)[C@H]2CC(=O)Nc3nc(N4CCc5ccccc5C4)[nH]c(=O)c32)c1. The van der Waals surface area contributed by atoms with E-state index in [-0.39, 0.29) is 23.7 Å². The van der Waals surface area contributed by atoms with Crippen LogP contribution in [0.1, 0.15) is 40.2 Å². The van der Waals surface area contributed by atoms with E-state index in [1.54, 1.807) is 0 Å². The molecule has 8 heteroatoms. The van der Waals surface area contributed by atoms with Gasteiger partial charge in [0.2, 0.25) is 17.8 Å². The first-order valence-electron chi connectivity index (χ1n) is 11.0. The third-order valence-corrected chi connectivity index (χ3v) is 6.17. The van der Waals surface area contributed by atoms with Gasteiger partial charge in [-0.1, -0.05) is 30.3 Å². The number of amides is 2. The lowest BCUT2D eigenvalue weighted by molar-refractivity contribution is -0.123. The van der Waals surface area contributed by atoms with Crippen LogP contribution in [0.5, 0.6) is 0 Å². The second-order valence-electron chi connectivity index (χ2n) is 8.76. The van der Waals surface area contributed by atoms with Crippen molar-refractivity contribution in [2.24, 2.45) is 0 Å². The van der Waals surface area contributed by atoms with Gasteiger partial charge in [0.1, 0.15) is 5.82 Å². The van der Waals surface area contributed by atoms with Crippen molar-refractivity contribution in [3.8, 4) is 0 Å². The van der Waals surface area contributed by atoms with Gasteiger partial charge in [-0.05, 0) is 54.7 Å². The number of hydrogen-bond donors (Lipinski definition) is 3. The number of fused-ring (bicyclic) bond motifs is 2. The summed E-state index contributed by atoms with van der Waals surface area (Å²) in [4.78, 5) is 48.0. The minimum atomic E-state index is -0.915. The van der Waals surface area contributed by atoms with Gasteiger partial charge in [-0.3, -0.25) is 19.4 Å². The highest BCUT2D eigenvalue weighted by atomic mass is 16.2. The Labute approximate surface area is 191 Å². The van der Waals surface area contributed by atoms with Crippen molar-refractivity contribution in [3.05, 3.63) is 80.6 Å². The van der Waals surface area contributed by atoms with Crippen LogP contribution >= 0.6 is 0 Å². The normalized spacial score (nSPS) is 17.1. The standard InChI is InChI=1S/C25H25N5O3/c1-14-9-15(2)11-18(10-14)26-23(32)19-12-20(31)27-22-21(19)24(33)29-25(28-22)30-8-7-16-5-3-4-6-17(16)13-30/h3-6,9-11,19H,7-8,12-13H2,1-2H3,(H,26,32)(H2,27,28,29,31,33)/t19-/m0/s1. The van der Waals surface area contributed by atoms with Crippen LogP contribution < -0.4 is 21.1 Å². The molecule has 3 aromatic rings. The molecule has 1 atom stereocenters. The summed E-state index contributed by atoms with van der Waals surface area (Å²) in [5.74, 6) is -1.10. The highest BCUT2D eigenvalue weighted by molar-refractivity contribution is 6.04. The lowest BCUT2D eigenvalue weighted by atomic mass is 9.92. The summed E-state index contributed by atoms with van der Waals surface area (Å²) in [5, 5.41) is 5.55. The van der Waals surface area contributed by atoms with Gasteiger partial charge in [0, 0.05) is 25.2 Å². The van der Waals surface area contributed by atoms with Crippen LogP contribution in [0.3, 0.4) is 0 Å². The maximum Gasteiger partial charge on any atom is 0.258 e. The van der Waals surface area contributed by atoms with Crippen LogP contribution in [0, 0.1) is 13.8 Å². The molecular formula is C25H25N5O3. The minimum Gasteiger partial charge on any atom is -0.338 e. The van der Waals surface area contributed by atoms with Crippen molar-refractivity contribution >= 4 is 29.3 Å². The molecular weight excluding hydrogens is 418 g/mol. The van der Waals surface area contributed by atoms with E-state index in [2.05, 4.69) is 32.7 Å². The van der Waals surface area contributed by atoms with E-state index in [9.17, 15) is 14.4 Å². The minimum absolute atomic E-state index is 0.106. The van der Waals surface area contributed by atoms with Crippen LogP contribution in [0.25, 0.3) is 0 Å². The Kier molecular flexibility index (Phi) is 5.20. The molecule has 2 amide bonds. The molecule has 5 rings (SSSR count).